The van der Waals surface area contributed by atoms with Crippen molar-refractivity contribution in [3.8, 4) is 0 Å². The minimum absolute atomic E-state index is 0.167. The van der Waals surface area contributed by atoms with E-state index in [4.69, 9.17) is 0 Å². The van der Waals surface area contributed by atoms with Crippen molar-refractivity contribution in [2.24, 2.45) is 0 Å². The maximum absolute atomic E-state index is 12.4. The predicted molar refractivity (Wildman–Crippen MR) is 44.2 cm³/mol. The molecule has 0 saturated carbocycles. The summed E-state index contributed by atoms with van der Waals surface area (Å²) in [6.07, 6.45) is -3.98. The van der Waals surface area contributed by atoms with Gasteiger partial charge in [0.15, 0.2) is 5.69 Å². The fraction of sp³-hybridized carbons (Fsp3) is 0.500. The van der Waals surface area contributed by atoms with Crippen molar-refractivity contribution in [1.29, 1.82) is 0 Å². The third-order valence-corrected chi connectivity index (χ3v) is 1.82. The van der Waals surface area contributed by atoms with Crippen LogP contribution in [0, 0.1) is 0 Å². The van der Waals surface area contributed by atoms with Gasteiger partial charge in [-0.1, -0.05) is 0 Å². The molecule has 0 saturated heterocycles. The van der Waals surface area contributed by atoms with Gasteiger partial charge in [-0.15, -0.1) is 0 Å². The maximum atomic E-state index is 12.4. The molecular weight excluding hydrogens is 213 g/mol. The van der Waals surface area contributed by atoms with Gasteiger partial charge in [-0.25, -0.2) is 4.79 Å². The largest absolute Gasteiger partial charge is 0.464 e. The lowest BCUT2D eigenvalue weighted by Gasteiger charge is -2.07. The van der Waals surface area contributed by atoms with Crippen molar-refractivity contribution < 1.29 is 22.7 Å². The molecule has 0 bridgehead atoms. The first kappa shape index (κ1) is 11.5. The Labute approximate surface area is 83.6 Å². The van der Waals surface area contributed by atoms with Crippen LogP contribution in [0.2, 0.25) is 0 Å². The number of carbonyl (C=O) groups excluding carboxylic acids is 1. The Morgan fingerprint density at radius 2 is 2.20 bits per heavy atom. The standard InChI is InChI=1S/C8H9F3N2O2/c1-3-13-6(7(14)15-2)5(4-12-13)8(9,10)11/h4H,3H2,1-2H3. The molecule has 0 spiro atoms. The van der Waals surface area contributed by atoms with Gasteiger partial charge in [0.25, 0.3) is 0 Å². The number of alkyl halides is 3. The number of esters is 1. The van der Waals surface area contributed by atoms with Crippen molar-refractivity contribution in [1.82, 2.24) is 9.78 Å². The van der Waals surface area contributed by atoms with Crippen LogP contribution >= 0.6 is 0 Å². The number of aryl methyl sites for hydroxylation is 1. The summed E-state index contributed by atoms with van der Waals surface area (Å²) in [5, 5.41) is 3.47. The van der Waals surface area contributed by atoms with Crippen molar-refractivity contribution in [2.75, 3.05) is 7.11 Å². The topological polar surface area (TPSA) is 44.1 Å². The molecular formula is C8H9F3N2O2. The number of halogens is 3. The van der Waals surface area contributed by atoms with Crippen LogP contribution in [-0.2, 0) is 17.5 Å². The molecule has 0 aliphatic carbocycles. The molecule has 1 aromatic heterocycles. The summed E-state index contributed by atoms with van der Waals surface area (Å²) in [7, 11) is 1.02. The van der Waals surface area contributed by atoms with Crippen LogP contribution in [0.3, 0.4) is 0 Å². The van der Waals surface area contributed by atoms with Gasteiger partial charge in [0, 0.05) is 6.54 Å². The Morgan fingerprint density at radius 3 is 2.60 bits per heavy atom. The fourth-order valence-corrected chi connectivity index (χ4v) is 1.14. The first-order chi connectivity index (χ1) is 6.91. The molecule has 84 valence electrons. The van der Waals surface area contributed by atoms with Crippen LogP contribution in [-0.4, -0.2) is 22.9 Å². The van der Waals surface area contributed by atoms with Gasteiger partial charge in [-0.05, 0) is 6.92 Å². The third kappa shape index (κ3) is 2.11. The summed E-state index contributed by atoms with van der Waals surface area (Å²) < 4.78 is 42.5. The maximum Gasteiger partial charge on any atom is 0.420 e. The van der Waals surface area contributed by atoms with Crippen LogP contribution in [0.1, 0.15) is 23.0 Å². The molecule has 15 heavy (non-hydrogen) atoms. The number of methoxy groups -OCH3 is 1. The van der Waals surface area contributed by atoms with Gasteiger partial charge in [0.05, 0.1) is 13.3 Å². The first-order valence-corrected chi connectivity index (χ1v) is 4.13. The number of nitrogens with zero attached hydrogens (tertiary/aromatic N) is 2. The highest BCUT2D eigenvalue weighted by Gasteiger charge is 2.38. The van der Waals surface area contributed by atoms with E-state index in [0.29, 0.717) is 6.20 Å². The average molecular weight is 222 g/mol. The first-order valence-electron chi connectivity index (χ1n) is 4.13. The van der Waals surface area contributed by atoms with Gasteiger partial charge in [0.1, 0.15) is 5.56 Å². The van der Waals surface area contributed by atoms with Crippen molar-refractivity contribution in [3.63, 3.8) is 0 Å². The molecule has 0 fully saturated rings. The number of aromatic nitrogens is 2. The zero-order valence-electron chi connectivity index (χ0n) is 8.13. The lowest BCUT2D eigenvalue weighted by atomic mass is 10.2. The molecule has 0 amide bonds. The molecule has 1 rings (SSSR count). The third-order valence-electron chi connectivity index (χ3n) is 1.82. The highest BCUT2D eigenvalue weighted by molar-refractivity contribution is 5.89. The Morgan fingerprint density at radius 1 is 1.60 bits per heavy atom. The summed E-state index contributed by atoms with van der Waals surface area (Å²) in [6.45, 7) is 1.75. The second-order valence-corrected chi connectivity index (χ2v) is 2.71. The normalized spacial score (nSPS) is 11.5. The number of hydrogen-bond acceptors (Lipinski definition) is 3. The minimum atomic E-state index is -4.60. The van der Waals surface area contributed by atoms with Crippen molar-refractivity contribution >= 4 is 5.97 Å². The predicted octanol–water partition coefficient (Wildman–Crippen LogP) is 1.71. The Kier molecular flexibility index (Phi) is 3.01. The second kappa shape index (κ2) is 3.92. The van der Waals surface area contributed by atoms with Crippen molar-refractivity contribution in [3.05, 3.63) is 17.5 Å². The Balaban J connectivity index is 3.30. The zero-order valence-corrected chi connectivity index (χ0v) is 8.13. The van der Waals surface area contributed by atoms with E-state index < -0.39 is 23.4 Å². The molecule has 0 aliphatic rings. The fourth-order valence-electron chi connectivity index (χ4n) is 1.14. The van der Waals surface area contributed by atoms with Crippen molar-refractivity contribution in [2.45, 2.75) is 19.6 Å². The van der Waals surface area contributed by atoms with Crippen LogP contribution < -0.4 is 0 Å². The van der Waals surface area contributed by atoms with Crippen LogP contribution in [0.4, 0.5) is 13.2 Å². The van der Waals surface area contributed by atoms with E-state index in [9.17, 15) is 18.0 Å². The number of ether oxygens (including phenoxy) is 1. The van der Waals surface area contributed by atoms with E-state index in [1.807, 2.05) is 0 Å². The Bertz CT molecular complexity index is 370. The lowest BCUT2D eigenvalue weighted by molar-refractivity contribution is -0.138. The van der Waals surface area contributed by atoms with Gasteiger partial charge in [-0.3, -0.25) is 4.68 Å². The van der Waals surface area contributed by atoms with E-state index >= 15 is 0 Å². The summed E-state index contributed by atoms with van der Waals surface area (Å²) in [5.41, 5.74) is -1.64. The SMILES string of the molecule is CCn1ncc(C(F)(F)F)c1C(=O)OC. The molecule has 4 nitrogen and oxygen atoms in total. The summed E-state index contributed by atoms with van der Waals surface area (Å²) >= 11 is 0. The van der Waals surface area contributed by atoms with E-state index in [1.54, 1.807) is 6.92 Å². The van der Waals surface area contributed by atoms with E-state index in [2.05, 4.69) is 9.84 Å². The molecule has 0 unspecified atom stereocenters. The van der Waals surface area contributed by atoms with Crippen LogP contribution in [0.5, 0.6) is 0 Å². The van der Waals surface area contributed by atoms with E-state index in [1.165, 1.54) is 0 Å². The van der Waals surface area contributed by atoms with Crippen LogP contribution in [0.25, 0.3) is 0 Å². The summed E-state index contributed by atoms with van der Waals surface area (Å²) in [4.78, 5) is 11.1. The molecule has 0 aliphatic heterocycles. The molecule has 1 heterocycles. The number of rotatable bonds is 2. The monoisotopic (exact) mass is 222 g/mol. The van der Waals surface area contributed by atoms with Gasteiger partial charge in [0.2, 0.25) is 0 Å². The molecule has 1 aromatic rings. The van der Waals surface area contributed by atoms with E-state index in [0.717, 1.165) is 11.8 Å². The highest BCUT2D eigenvalue weighted by atomic mass is 19.4. The molecule has 0 N–H and O–H groups in total. The Hall–Kier alpha value is -1.53. The molecule has 7 heteroatoms. The minimum Gasteiger partial charge on any atom is -0.464 e. The molecule has 0 atom stereocenters. The zero-order chi connectivity index (χ0) is 11.6. The summed E-state index contributed by atoms with van der Waals surface area (Å²) in [5.74, 6) is -1.04. The number of carbonyl (C=O) groups is 1. The van der Waals surface area contributed by atoms with Gasteiger partial charge < -0.3 is 4.74 Å². The quantitative estimate of drug-likeness (QED) is 0.715. The van der Waals surface area contributed by atoms with Gasteiger partial charge in [-0.2, -0.15) is 18.3 Å². The number of hydrogen-bond donors (Lipinski definition) is 0. The summed E-state index contributed by atoms with van der Waals surface area (Å²) in [6, 6.07) is 0. The highest BCUT2D eigenvalue weighted by Crippen LogP contribution is 2.32. The van der Waals surface area contributed by atoms with Gasteiger partial charge >= 0.3 is 12.1 Å². The second-order valence-electron chi connectivity index (χ2n) is 2.71. The van der Waals surface area contributed by atoms with Crippen LogP contribution in [0.15, 0.2) is 6.20 Å². The molecule has 0 aromatic carbocycles. The average Bonchev–Trinajstić information content (AvgIpc) is 2.59. The van der Waals surface area contributed by atoms with E-state index in [-0.39, 0.29) is 6.54 Å². The molecule has 0 radical (unpaired) electrons. The lowest BCUT2D eigenvalue weighted by Crippen LogP contribution is -2.17. The smallest absolute Gasteiger partial charge is 0.420 e.